The van der Waals surface area contributed by atoms with Gasteiger partial charge in [0.05, 0.1) is 11.3 Å². The Kier molecular flexibility index (Phi) is 6.19. The Morgan fingerprint density at radius 2 is 2.23 bits per heavy atom. The SMILES string of the molecule is CCCN(CC1CC1)C(=O)CN1CCCc2nc(COC)ncc2C1=O. The van der Waals surface area contributed by atoms with Crippen molar-refractivity contribution in [2.45, 2.75) is 45.6 Å². The van der Waals surface area contributed by atoms with Crippen molar-refractivity contribution in [3.8, 4) is 0 Å². The molecule has 7 nitrogen and oxygen atoms in total. The number of amides is 2. The molecule has 26 heavy (non-hydrogen) atoms. The molecule has 3 rings (SSSR count). The lowest BCUT2D eigenvalue weighted by Crippen LogP contribution is -2.44. The highest BCUT2D eigenvalue weighted by Crippen LogP contribution is 2.30. The van der Waals surface area contributed by atoms with Gasteiger partial charge in [-0.05, 0) is 38.0 Å². The van der Waals surface area contributed by atoms with Crippen molar-refractivity contribution in [1.29, 1.82) is 0 Å². The van der Waals surface area contributed by atoms with Gasteiger partial charge in [-0.3, -0.25) is 9.59 Å². The second-order valence-electron chi connectivity index (χ2n) is 7.19. The van der Waals surface area contributed by atoms with Crippen LogP contribution < -0.4 is 0 Å². The van der Waals surface area contributed by atoms with Gasteiger partial charge < -0.3 is 14.5 Å². The number of ether oxygens (including phenoxy) is 1. The maximum absolute atomic E-state index is 12.9. The zero-order chi connectivity index (χ0) is 18.5. The van der Waals surface area contributed by atoms with E-state index >= 15 is 0 Å². The molecule has 1 aliphatic carbocycles. The van der Waals surface area contributed by atoms with E-state index in [1.54, 1.807) is 18.2 Å². The van der Waals surface area contributed by atoms with E-state index in [4.69, 9.17) is 4.74 Å². The average Bonchev–Trinajstić information content (AvgIpc) is 3.45. The molecule has 2 amide bonds. The first-order chi connectivity index (χ1) is 12.6. The van der Waals surface area contributed by atoms with Gasteiger partial charge in [-0.15, -0.1) is 0 Å². The number of rotatable bonds is 8. The van der Waals surface area contributed by atoms with Gasteiger partial charge in [0.25, 0.3) is 5.91 Å². The fourth-order valence-corrected chi connectivity index (χ4v) is 3.35. The van der Waals surface area contributed by atoms with Crippen LogP contribution in [0, 0.1) is 5.92 Å². The zero-order valence-corrected chi connectivity index (χ0v) is 15.7. The number of aryl methyl sites for hydroxylation is 1. The third kappa shape index (κ3) is 4.58. The maximum Gasteiger partial charge on any atom is 0.257 e. The van der Waals surface area contributed by atoms with E-state index in [2.05, 4.69) is 16.9 Å². The monoisotopic (exact) mass is 360 g/mol. The van der Waals surface area contributed by atoms with E-state index in [1.165, 1.54) is 12.8 Å². The standard InChI is InChI=1S/C19H28N4O3/c1-3-8-22(11-14-6-7-14)18(24)12-23-9-4-5-16-15(19(23)25)10-20-17(21-16)13-26-2/h10,14H,3-9,11-13H2,1-2H3. The van der Waals surface area contributed by atoms with Crippen molar-refractivity contribution in [3.63, 3.8) is 0 Å². The predicted octanol–water partition coefficient (Wildman–Crippen LogP) is 1.66. The van der Waals surface area contributed by atoms with Crippen molar-refractivity contribution in [2.24, 2.45) is 5.92 Å². The molecule has 0 radical (unpaired) electrons. The number of hydrogen-bond acceptors (Lipinski definition) is 5. The summed E-state index contributed by atoms with van der Waals surface area (Å²) in [6.07, 6.45) is 6.45. The first kappa shape index (κ1) is 18.8. The normalized spacial score (nSPS) is 17.0. The highest BCUT2D eigenvalue weighted by Gasteiger charge is 2.30. The van der Waals surface area contributed by atoms with Crippen LogP contribution in [0.15, 0.2) is 6.20 Å². The van der Waals surface area contributed by atoms with Gasteiger partial charge in [0.2, 0.25) is 5.91 Å². The minimum absolute atomic E-state index is 0.0486. The highest BCUT2D eigenvalue weighted by molar-refractivity contribution is 5.97. The molecule has 0 bridgehead atoms. The topological polar surface area (TPSA) is 75.6 Å². The van der Waals surface area contributed by atoms with Crippen LogP contribution in [0.4, 0.5) is 0 Å². The van der Waals surface area contributed by atoms with Crippen molar-refractivity contribution in [3.05, 3.63) is 23.3 Å². The fraction of sp³-hybridized carbons (Fsp3) is 0.684. The molecule has 0 aromatic carbocycles. The first-order valence-electron chi connectivity index (χ1n) is 9.53. The Labute approximate surface area is 154 Å². The van der Waals surface area contributed by atoms with Gasteiger partial charge in [0.1, 0.15) is 13.2 Å². The van der Waals surface area contributed by atoms with E-state index in [0.717, 1.165) is 31.6 Å². The fourth-order valence-electron chi connectivity index (χ4n) is 3.35. The molecule has 2 aliphatic rings. The third-order valence-electron chi connectivity index (χ3n) is 4.90. The van der Waals surface area contributed by atoms with Gasteiger partial charge in [0.15, 0.2) is 5.82 Å². The van der Waals surface area contributed by atoms with Crippen molar-refractivity contribution < 1.29 is 14.3 Å². The molecular weight excluding hydrogens is 332 g/mol. The summed E-state index contributed by atoms with van der Waals surface area (Å²) in [7, 11) is 1.59. The van der Waals surface area contributed by atoms with Gasteiger partial charge >= 0.3 is 0 Å². The Hall–Kier alpha value is -2.02. The number of nitrogens with zero attached hydrogens (tertiary/aromatic N) is 4. The lowest BCUT2D eigenvalue weighted by Gasteiger charge is -2.27. The van der Waals surface area contributed by atoms with Gasteiger partial charge in [0, 0.05) is 32.9 Å². The minimum atomic E-state index is -0.141. The quantitative estimate of drug-likeness (QED) is 0.705. The molecule has 2 heterocycles. The molecule has 1 aromatic rings. The van der Waals surface area contributed by atoms with E-state index in [0.29, 0.717) is 36.9 Å². The van der Waals surface area contributed by atoms with Crippen LogP contribution >= 0.6 is 0 Å². The number of hydrogen-bond donors (Lipinski definition) is 0. The van der Waals surface area contributed by atoms with Crippen LogP contribution in [0.25, 0.3) is 0 Å². The number of carbonyl (C=O) groups is 2. The molecule has 1 saturated carbocycles. The number of carbonyl (C=O) groups excluding carboxylic acids is 2. The summed E-state index contributed by atoms with van der Waals surface area (Å²) >= 11 is 0. The maximum atomic E-state index is 12.9. The van der Waals surface area contributed by atoms with Crippen molar-refractivity contribution >= 4 is 11.8 Å². The second-order valence-corrected chi connectivity index (χ2v) is 7.19. The van der Waals surface area contributed by atoms with Gasteiger partial charge in [-0.2, -0.15) is 0 Å². The summed E-state index contributed by atoms with van der Waals surface area (Å²) in [4.78, 5) is 37.9. The molecule has 1 fully saturated rings. The summed E-state index contributed by atoms with van der Waals surface area (Å²) in [6.45, 7) is 4.72. The Balaban J connectivity index is 1.69. The van der Waals surface area contributed by atoms with E-state index in [9.17, 15) is 9.59 Å². The van der Waals surface area contributed by atoms with E-state index in [-0.39, 0.29) is 18.4 Å². The van der Waals surface area contributed by atoms with Crippen LogP contribution in [0.1, 0.15) is 54.5 Å². The van der Waals surface area contributed by atoms with Crippen LogP contribution in [0.3, 0.4) is 0 Å². The molecule has 7 heteroatoms. The summed E-state index contributed by atoms with van der Waals surface area (Å²) in [6, 6.07) is 0. The van der Waals surface area contributed by atoms with Crippen LogP contribution in [-0.2, 0) is 22.6 Å². The van der Waals surface area contributed by atoms with Crippen molar-refractivity contribution in [2.75, 3.05) is 33.3 Å². The largest absolute Gasteiger partial charge is 0.377 e. The predicted molar refractivity (Wildman–Crippen MR) is 96.6 cm³/mol. The lowest BCUT2D eigenvalue weighted by atomic mass is 10.1. The highest BCUT2D eigenvalue weighted by atomic mass is 16.5. The number of fused-ring (bicyclic) bond motifs is 1. The molecule has 0 saturated heterocycles. The molecule has 1 aliphatic heterocycles. The van der Waals surface area contributed by atoms with Crippen molar-refractivity contribution in [1.82, 2.24) is 19.8 Å². The molecule has 0 spiro atoms. The van der Waals surface area contributed by atoms with Gasteiger partial charge in [-0.25, -0.2) is 9.97 Å². The van der Waals surface area contributed by atoms with Gasteiger partial charge in [-0.1, -0.05) is 6.92 Å². The zero-order valence-electron chi connectivity index (χ0n) is 15.7. The molecule has 0 atom stereocenters. The van der Waals surface area contributed by atoms with E-state index in [1.807, 2.05) is 4.90 Å². The lowest BCUT2D eigenvalue weighted by molar-refractivity contribution is -0.132. The molecular formula is C19H28N4O3. The van der Waals surface area contributed by atoms with Crippen LogP contribution in [0.5, 0.6) is 0 Å². The Morgan fingerprint density at radius 3 is 2.92 bits per heavy atom. The molecule has 1 aromatic heterocycles. The van der Waals surface area contributed by atoms with Crippen LogP contribution in [0.2, 0.25) is 0 Å². The second kappa shape index (κ2) is 8.58. The Bertz CT molecular complexity index is 660. The summed E-state index contributed by atoms with van der Waals surface area (Å²) in [5, 5.41) is 0. The summed E-state index contributed by atoms with van der Waals surface area (Å²) < 4.78 is 5.07. The number of aromatic nitrogens is 2. The van der Waals surface area contributed by atoms with Crippen LogP contribution in [-0.4, -0.2) is 64.9 Å². The number of methoxy groups -OCH3 is 1. The molecule has 0 unspecified atom stereocenters. The summed E-state index contributed by atoms with van der Waals surface area (Å²) in [5.41, 5.74) is 1.27. The average molecular weight is 360 g/mol. The van der Waals surface area contributed by atoms with E-state index < -0.39 is 0 Å². The Morgan fingerprint density at radius 1 is 1.42 bits per heavy atom. The third-order valence-corrected chi connectivity index (χ3v) is 4.90. The molecule has 142 valence electrons. The summed E-state index contributed by atoms with van der Waals surface area (Å²) in [5.74, 6) is 1.14. The first-order valence-corrected chi connectivity index (χ1v) is 9.53. The molecule has 0 N–H and O–H groups in total. The smallest absolute Gasteiger partial charge is 0.257 e. The minimum Gasteiger partial charge on any atom is -0.377 e.